The van der Waals surface area contributed by atoms with E-state index in [0.29, 0.717) is 22.7 Å². The second-order valence-electron chi connectivity index (χ2n) is 5.87. The second-order valence-corrected chi connectivity index (χ2v) is 6.66. The van der Waals surface area contributed by atoms with Gasteiger partial charge >= 0.3 is 0 Å². The van der Waals surface area contributed by atoms with E-state index in [1.54, 1.807) is 12.1 Å². The van der Waals surface area contributed by atoms with Crippen LogP contribution in [0.25, 0.3) is 11.2 Å². The minimum Gasteiger partial charge on any atom is -0.386 e. The van der Waals surface area contributed by atoms with Gasteiger partial charge in [-0.1, -0.05) is 12.0 Å². The Balaban J connectivity index is 1.73. The number of nitrogens with one attached hydrogen (secondary N) is 1. The summed E-state index contributed by atoms with van der Waals surface area (Å²) in [7, 11) is 0. The number of hydrogen-bond acceptors (Lipinski definition) is 7. The van der Waals surface area contributed by atoms with E-state index >= 15 is 0 Å². The third-order valence-electron chi connectivity index (χ3n) is 4.24. The molecule has 3 N–H and O–H groups in total. The van der Waals surface area contributed by atoms with Gasteiger partial charge < -0.3 is 20.3 Å². The topological polar surface area (TPSA) is 105 Å². The van der Waals surface area contributed by atoms with Gasteiger partial charge in [0, 0.05) is 0 Å². The summed E-state index contributed by atoms with van der Waals surface area (Å²) >= 11 is 3.18. The summed E-state index contributed by atoms with van der Waals surface area (Å²) in [4.78, 5) is 12.6. The minimum absolute atomic E-state index is 0.255. The summed E-state index contributed by atoms with van der Waals surface area (Å²) < 4.78 is 21.0. The van der Waals surface area contributed by atoms with E-state index in [9.17, 15) is 14.6 Å². The SMILES string of the molecule is C#C[C@H]1O[C@@H](n2cnc3c(Nc4cccc(F)c4Br)ncnc32)[C@H](O)[C@@H]1O. The van der Waals surface area contributed by atoms with Gasteiger partial charge in [-0.3, -0.25) is 4.57 Å². The van der Waals surface area contributed by atoms with Crippen molar-refractivity contribution in [1.82, 2.24) is 19.5 Å². The quantitative estimate of drug-likeness (QED) is 0.540. The molecule has 0 aliphatic carbocycles. The molecule has 0 radical (unpaired) electrons. The molecule has 0 unspecified atom stereocenters. The Kier molecular flexibility index (Phi) is 4.53. The molecular weight excluding hydrogens is 421 g/mol. The molecule has 1 aliphatic heterocycles. The maximum Gasteiger partial charge on any atom is 0.167 e. The number of aliphatic hydroxyl groups excluding tert-OH is 2. The van der Waals surface area contributed by atoms with E-state index in [0.717, 1.165) is 0 Å². The lowest BCUT2D eigenvalue weighted by atomic mass is 10.1. The van der Waals surface area contributed by atoms with Crippen LogP contribution in [0.5, 0.6) is 0 Å². The van der Waals surface area contributed by atoms with Crippen LogP contribution < -0.4 is 5.32 Å². The van der Waals surface area contributed by atoms with E-state index in [4.69, 9.17) is 11.2 Å². The van der Waals surface area contributed by atoms with Gasteiger partial charge in [-0.25, -0.2) is 19.3 Å². The maximum absolute atomic E-state index is 13.7. The van der Waals surface area contributed by atoms with Crippen molar-refractivity contribution in [2.45, 2.75) is 24.5 Å². The van der Waals surface area contributed by atoms with Gasteiger partial charge in [0.2, 0.25) is 0 Å². The minimum atomic E-state index is -1.24. The average Bonchev–Trinajstić information content (AvgIpc) is 3.21. The van der Waals surface area contributed by atoms with E-state index in [2.05, 4.69) is 42.1 Å². The molecule has 1 aromatic carbocycles. The normalized spacial score (nSPS) is 24.9. The zero-order chi connectivity index (χ0) is 19.1. The van der Waals surface area contributed by atoms with E-state index in [1.807, 2.05) is 0 Å². The molecule has 3 heterocycles. The molecule has 0 spiro atoms. The van der Waals surface area contributed by atoms with Gasteiger partial charge in [0.15, 0.2) is 23.2 Å². The van der Waals surface area contributed by atoms with Crippen molar-refractivity contribution in [3.8, 4) is 12.3 Å². The van der Waals surface area contributed by atoms with E-state index in [1.165, 1.54) is 23.3 Å². The Hall–Kier alpha value is -2.58. The number of terminal acetylenes is 1. The van der Waals surface area contributed by atoms with Crippen LogP contribution in [0.15, 0.2) is 35.3 Å². The highest BCUT2D eigenvalue weighted by Crippen LogP contribution is 2.33. The van der Waals surface area contributed by atoms with Crippen LogP contribution in [0.1, 0.15) is 6.23 Å². The number of halogens is 2. The second kappa shape index (κ2) is 6.86. The first-order valence-corrected chi connectivity index (χ1v) is 8.67. The van der Waals surface area contributed by atoms with Gasteiger partial charge in [-0.2, -0.15) is 0 Å². The smallest absolute Gasteiger partial charge is 0.167 e. The molecule has 0 saturated carbocycles. The largest absolute Gasteiger partial charge is 0.386 e. The van der Waals surface area contributed by atoms with Crippen molar-refractivity contribution >= 4 is 38.6 Å². The first-order valence-electron chi connectivity index (χ1n) is 7.87. The average molecular weight is 434 g/mol. The summed E-state index contributed by atoms with van der Waals surface area (Å²) in [5, 5.41) is 23.2. The summed E-state index contributed by atoms with van der Waals surface area (Å²) in [5.74, 6) is 2.20. The predicted octanol–water partition coefficient (Wildman–Crippen LogP) is 1.72. The monoisotopic (exact) mass is 433 g/mol. The van der Waals surface area contributed by atoms with Gasteiger partial charge in [-0.05, 0) is 28.1 Å². The summed E-state index contributed by atoms with van der Waals surface area (Å²) in [6.07, 6.45) is 3.66. The van der Waals surface area contributed by atoms with Crippen molar-refractivity contribution in [3.05, 3.63) is 41.1 Å². The number of fused-ring (bicyclic) bond motifs is 1. The molecule has 1 aliphatic rings. The Morgan fingerprint density at radius 3 is 2.81 bits per heavy atom. The van der Waals surface area contributed by atoms with Gasteiger partial charge in [0.1, 0.15) is 30.5 Å². The molecule has 4 atom stereocenters. The van der Waals surface area contributed by atoms with Crippen LogP contribution in [0.2, 0.25) is 0 Å². The van der Waals surface area contributed by atoms with E-state index in [-0.39, 0.29) is 4.47 Å². The fourth-order valence-corrected chi connectivity index (χ4v) is 3.25. The standard InChI is InChI=1S/C17H13BrFN5O3/c1-2-10-13(25)14(26)17(27-10)24-7-22-12-15(20-6-21-16(12)24)23-9-5-3-4-8(19)11(9)18/h1,3-7,10,13-14,17,25-26H,(H,20,21,23)/t10-,13-,14-,17-/m1/s1. The number of nitrogens with zero attached hydrogens (tertiary/aromatic N) is 4. The highest BCUT2D eigenvalue weighted by molar-refractivity contribution is 9.10. The highest BCUT2D eigenvalue weighted by atomic mass is 79.9. The van der Waals surface area contributed by atoms with Crippen LogP contribution in [0.3, 0.4) is 0 Å². The number of ether oxygens (including phenoxy) is 1. The molecule has 10 heteroatoms. The number of rotatable bonds is 3. The van der Waals surface area contributed by atoms with Crippen molar-refractivity contribution in [2.24, 2.45) is 0 Å². The summed E-state index contributed by atoms with van der Waals surface area (Å²) in [6, 6.07) is 4.56. The molecule has 8 nitrogen and oxygen atoms in total. The Labute approximate surface area is 161 Å². The van der Waals surface area contributed by atoms with Crippen molar-refractivity contribution < 1.29 is 19.3 Å². The molecule has 27 heavy (non-hydrogen) atoms. The van der Waals surface area contributed by atoms with Crippen LogP contribution in [-0.2, 0) is 4.74 Å². The fourth-order valence-electron chi connectivity index (χ4n) is 2.88. The van der Waals surface area contributed by atoms with Gasteiger partial charge in [-0.15, -0.1) is 6.42 Å². The first-order chi connectivity index (χ1) is 13.0. The molecule has 0 amide bonds. The number of imidazole rings is 1. The lowest BCUT2D eigenvalue weighted by Crippen LogP contribution is -2.30. The van der Waals surface area contributed by atoms with Gasteiger partial charge in [0.25, 0.3) is 0 Å². The third-order valence-corrected chi connectivity index (χ3v) is 5.05. The van der Waals surface area contributed by atoms with E-state index < -0.39 is 30.4 Å². The zero-order valence-corrected chi connectivity index (χ0v) is 15.2. The lowest BCUT2D eigenvalue weighted by molar-refractivity contribution is -0.0230. The Morgan fingerprint density at radius 2 is 2.07 bits per heavy atom. The third kappa shape index (κ3) is 2.94. The van der Waals surface area contributed by atoms with Crippen LogP contribution in [0, 0.1) is 18.2 Å². The molecular formula is C17H13BrFN5O3. The summed E-state index contributed by atoms with van der Waals surface area (Å²) in [5.41, 5.74) is 1.20. The van der Waals surface area contributed by atoms with Crippen molar-refractivity contribution in [1.29, 1.82) is 0 Å². The van der Waals surface area contributed by atoms with Crippen LogP contribution in [-0.4, -0.2) is 48.0 Å². The molecule has 1 saturated heterocycles. The summed E-state index contributed by atoms with van der Waals surface area (Å²) in [6.45, 7) is 0. The van der Waals surface area contributed by atoms with Crippen LogP contribution in [0.4, 0.5) is 15.9 Å². The maximum atomic E-state index is 13.7. The molecule has 1 fully saturated rings. The fraction of sp³-hybridized carbons (Fsp3) is 0.235. The van der Waals surface area contributed by atoms with Gasteiger partial charge in [0.05, 0.1) is 16.5 Å². The highest BCUT2D eigenvalue weighted by Gasteiger charge is 2.43. The lowest BCUT2D eigenvalue weighted by Gasteiger charge is -2.16. The molecule has 3 aromatic rings. The Morgan fingerprint density at radius 1 is 1.26 bits per heavy atom. The van der Waals surface area contributed by atoms with Crippen molar-refractivity contribution in [2.75, 3.05) is 5.32 Å². The number of hydrogen-bond donors (Lipinski definition) is 3. The first kappa shape index (κ1) is 17.8. The number of aliphatic hydroxyl groups is 2. The molecule has 0 bridgehead atoms. The number of anilines is 2. The molecule has 138 valence electrons. The van der Waals surface area contributed by atoms with Crippen molar-refractivity contribution in [3.63, 3.8) is 0 Å². The predicted molar refractivity (Wildman–Crippen MR) is 97.5 cm³/mol. The number of aromatic nitrogens is 4. The zero-order valence-electron chi connectivity index (χ0n) is 13.6. The molecule has 4 rings (SSSR count). The number of benzene rings is 1. The molecule has 2 aromatic heterocycles. The Bertz CT molecular complexity index is 1050. The van der Waals surface area contributed by atoms with Crippen LogP contribution >= 0.6 is 15.9 Å².